The number of benzene rings is 2. The first-order valence-electron chi connectivity index (χ1n) is 13.1. The molecule has 3 heterocycles. The van der Waals surface area contributed by atoms with Crippen molar-refractivity contribution in [3.8, 4) is 5.69 Å². The van der Waals surface area contributed by atoms with Gasteiger partial charge in [-0.2, -0.15) is 5.10 Å². The average molecular weight is 506 g/mol. The Morgan fingerprint density at radius 2 is 1.81 bits per heavy atom. The summed E-state index contributed by atoms with van der Waals surface area (Å²) in [5.41, 5.74) is 5.97. The zero-order valence-electron chi connectivity index (χ0n) is 20.7. The average Bonchev–Trinajstić information content (AvgIpc) is 3.36. The van der Waals surface area contributed by atoms with Gasteiger partial charge in [-0.15, -0.1) is 0 Å². The predicted octanol–water partition coefficient (Wildman–Crippen LogP) is 6.35. The molecule has 3 aliphatic rings. The number of carboxylic acid groups (broad SMARTS) is 1. The van der Waals surface area contributed by atoms with E-state index in [-0.39, 0.29) is 17.3 Å². The third kappa shape index (κ3) is 3.45. The number of hydrogen-bond acceptors (Lipinski definition) is 3. The minimum atomic E-state index is -0.865. The summed E-state index contributed by atoms with van der Waals surface area (Å²) < 4.78 is 36.3. The Morgan fingerprint density at radius 3 is 2.51 bits per heavy atom. The molecule has 0 atom stereocenters. The fourth-order valence-corrected chi connectivity index (χ4v) is 7.36. The summed E-state index contributed by atoms with van der Waals surface area (Å²) in [6.07, 6.45) is 5.15. The standard InChI is InChI=1S/C29H29F2N3O3/c1-15-20-10-25-21(9-24(20)33-32-15)26(17-11-29(12-17)13-18(14-29)28(35)36)27(16-4-6-37-7-5-16)34(25)19-2-3-22(30)23(31)8-19/h2-3,8-10,16-18H,4-7,11-14H2,1H3,(H,32,33)(H,35,36). The molecule has 3 fully saturated rings. The van der Waals surface area contributed by atoms with Crippen molar-refractivity contribution < 1.29 is 23.4 Å². The Morgan fingerprint density at radius 1 is 1.05 bits per heavy atom. The number of aryl methyl sites for hydroxylation is 1. The van der Waals surface area contributed by atoms with Crippen molar-refractivity contribution in [2.24, 2.45) is 11.3 Å². The van der Waals surface area contributed by atoms with Crippen molar-refractivity contribution >= 4 is 27.8 Å². The quantitative estimate of drug-likeness (QED) is 0.339. The van der Waals surface area contributed by atoms with Crippen LogP contribution >= 0.6 is 0 Å². The molecule has 0 amide bonds. The number of carboxylic acids is 1. The summed E-state index contributed by atoms with van der Waals surface area (Å²) >= 11 is 0. The Kier molecular flexibility index (Phi) is 5.02. The maximum Gasteiger partial charge on any atom is 0.306 e. The van der Waals surface area contributed by atoms with Crippen LogP contribution in [0, 0.1) is 29.9 Å². The topological polar surface area (TPSA) is 80.1 Å². The van der Waals surface area contributed by atoms with Gasteiger partial charge in [-0.05, 0) is 86.6 Å². The van der Waals surface area contributed by atoms with Crippen molar-refractivity contribution in [1.82, 2.24) is 14.8 Å². The molecule has 4 aromatic rings. The van der Waals surface area contributed by atoms with E-state index in [1.165, 1.54) is 17.7 Å². The minimum absolute atomic E-state index is 0.117. The lowest BCUT2D eigenvalue weighted by Crippen LogP contribution is -2.49. The van der Waals surface area contributed by atoms with Gasteiger partial charge in [-0.25, -0.2) is 8.78 Å². The Bertz CT molecular complexity index is 1550. The second-order valence-corrected chi connectivity index (χ2v) is 11.4. The maximum absolute atomic E-state index is 14.5. The summed E-state index contributed by atoms with van der Waals surface area (Å²) in [5, 5.41) is 19.1. The second-order valence-electron chi connectivity index (χ2n) is 11.4. The van der Waals surface area contributed by atoms with Gasteiger partial charge in [-0.3, -0.25) is 9.89 Å². The number of nitrogens with one attached hydrogen (secondary N) is 1. The van der Waals surface area contributed by atoms with E-state index in [1.807, 2.05) is 6.92 Å². The van der Waals surface area contributed by atoms with Crippen molar-refractivity contribution in [3.05, 3.63) is 58.9 Å². The molecule has 1 saturated heterocycles. The van der Waals surface area contributed by atoms with Crippen molar-refractivity contribution in [2.75, 3.05) is 13.2 Å². The molecule has 0 bridgehead atoms. The molecule has 37 heavy (non-hydrogen) atoms. The first-order valence-corrected chi connectivity index (χ1v) is 13.1. The van der Waals surface area contributed by atoms with Gasteiger partial charge in [-0.1, -0.05) is 0 Å². The normalized spacial score (nSPS) is 26.0. The summed E-state index contributed by atoms with van der Waals surface area (Å²) in [4.78, 5) is 11.5. The highest BCUT2D eigenvalue weighted by Gasteiger charge is 2.56. The van der Waals surface area contributed by atoms with Crippen molar-refractivity contribution in [2.45, 2.75) is 57.3 Å². The number of H-pyrrole nitrogens is 1. The highest BCUT2D eigenvalue weighted by Crippen LogP contribution is 2.65. The molecule has 0 unspecified atom stereocenters. The number of carbonyl (C=O) groups is 1. The van der Waals surface area contributed by atoms with Gasteiger partial charge in [0.2, 0.25) is 0 Å². The third-order valence-corrected chi connectivity index (χ3v) is 9.16. The highest BCUT2D eigenvalue weighted by molar-refractivity contribution is 6.00. The van der Waals surface area contributed by atoms with E-state index in [0.29, 0.717) is 24.8 Å². The van der Waals surface area contributed by atoms with E-state index < -0.39 is 17.6 Å². The van der Waals surface area contributed by atoms with E-state index in [4.69, 9.17) is 4.74 Å². The number of fused-ring (bicyclic) bond motifs is 2. The van der Waals surface area contributed by atoms with Gasteiger partial charge in [0.05, 0.1) is 22.6 Å². The van der Waals surface area contributed by atoms with Gasteiger partial charge in [0.15, 0.2) is 11.6 Å². The number of rotatable bonds is 4. The first-order chi connectivity index (χ1) is 17.8. The molecule has 192 valence electrons. The van der Waals surface area contributed by atoms with Crippen LogP contribution in [0.5, 0.6) is 0 Å². The van der Waals surface area contributed by atoms with Crippen LogP contribution in [-0.4, -0.2) is 39.1 Å². The summed E-state index contributed by atoms with van der Waals surface area (Å²) in [6, 6.07) is 8.42. The number of aliphatic carboxylic acids is 1. The predicted molar refractivity (Wildman–Crippen MR) is 135 cm³/mol. The van der Waals surface area contributed by atoms with E-state index in [2.05, 4.69) is 26.9 Å². The number of aromatic nitrogens is 3. The largest absolute Gasteiger partial charge is 0.481 e. The van der Waals surface area contributed by atoms with Crippen LogP contribution < -0.4 is 0 Å². The SMILES string of the molecule is Cc1n[nH]c2cc3c(C4CC5(CC(C(=O)O)C5)C4)c(C4CCOCC4)n(-c4ccc(F)c(F)c4)c3cc12. The van der Waals surface area contributed by atoms with E-state index in [1.54, 1.807) is 6.07 Å². The monoisotopic (exact) mass is 505 g/mol. The fraction of sp³-hybridized carbons (Fsp3) is 0.448. The van der Waals surface area contributed by atoms with Gasteiger partial charge < -0.3 is 14.4 Å². The van der Waals surface area contributed by atoms with Gasteiger partial charge in [0.25, 0.3) is 0 Å². The molecule has 8 heteroatoms. The van der Waals surface area contributed by atoms with Crippen LogP contribution in [0.3, 0.4) is 0 Å². The maximum atomic E-state index is 14.5. The van der Waals surface area contributed by atoms with Gasteiger partial charge in [0, 0.05) is 47.4 Å². The van der Waals surface area contributed by atoms with Crippen LogP contribution in [0.4, 0.5) is 8.78 Å². The molecule has 0 radical (unpaired) electrons. The zero-order valence-corrected chi connectivity index (χ0v) is 20.7. The molecular weight excluding hydrogens is 476 g/mol. The van der Waals surface area contributed by atoms with E-state index in [9.17, 15) is 18.7 Å². The molecule has 2 N–H and O–H groups in total. The summed E-state index contributed by atoms with van der Waals surface area (Å²) in [5.74, 6) is -2.12. The number of halogens is 2. The van der Waals surface area contributed by atoms with Crippen molar-refractivity contribution in [1.29, 1.82) is 0 Å². The molecular formula is C29H29F2N3O3. The Balaban J connectivity index is 1.44. The van der Waals surface area contributed by atoms with Crippen LogP contribution in [-0.2, 0) is 9.53 Å². The fourth-order valence-electron chi connectivity index (χ4n) is 7.36. The molecule has 2 aliphatic carbocycles. The molecule has 2 saturated carbocycles. The lowest BCUT2D eigenvalue weighted by Gasteiger charge is -2.57. The number of hydrogen-bond donors (Lipinski definition) is 2. The molecule has 1 spiro atoms. The zero-order chi connectivity index (χ0) is 25.5. The summed E-state index contributed by atoms with van der Waals surface area (Å²) in [7, 11) is 0. The van der Waals surface area contributed by atoms with E-state index >= 15 is 0 Å². The molecule has 6 nitrogen and oxygen atoms in total. The van der Waals surface area contributed by atoms with Crippen LogP contribution in [0.15, 0.2) is 30.3 Å². The van der Waals surface area contributed by atoms with Crippen molar-refractivity contribution in [3.63, 3.8) is 0 Å². The second kappa shape index (κ2) is 8.12. The Labute approximate surface area is 212 Å². The third-order valence-electron chi connectivity index (χ3n) is 9.16. The molecule has 1 aliphatic heterocycles. The number of ether oxygens (including phenoxy) is 1. The minimum Gasteiger partial charge on any atom is -0.481 e. The molecule has 2 aromatic carbocycles. The van der Waals surface area contributed by atoms with Crippen LogP contribution in [0.25, 0.3) is 27.5 Å². The molecule has 7 rings (SSSR count). The smallest absolute Gasteiger partial charge is 0.306 e. The number of nitrogens with zero attached hydrogens (tertiary/aromatic N) is 2. The van der Waals surface area contributed by atoms with Crippen LogP contribution in [0.1, 0.15) is 67.3 Å². The number of aromatic amines is 1. The first kappa shape index (κ1) is 22.9. The lowest BCUT2D eigenvalue weighted by molar-refractivity contribution is -0.155. The summed E-state index contributed by atoms with van der Waals surface area (Å²) in [6.45, 7) is 3.30. The van der Waals surface area contributed by atoms with E-state index in [0.717, 1.165) is 71.7 Å². The molecule has 2 aromatic heterocycles. The van der Waals surface area contributed by atoms with Gasteiger partial charge in [0.1, 0.15) is 0 Å². The Hall–Kier alpha value is -3.26. The lowest BCUT2D eigenvalue weighted by atomic mass is 9.47. The van der Waals surface area contributed by atoms with Crippen LogP contribution in [0.2, 0.25) is 0 Å². The highest BCUT2D eigenvalue weighted by atomic mass is 19.2. The van der Waals surface area contributed by atoms with Gasteiger partial charge >= 0.3 is 5.97 Å².